The molecule has 92 valence electrons. The summed E-state index contributed by atoms with van der Waals surface area (Å²) in [6.45, 7) is 0. The van der Waals surface area contributed by atoms with Gasteiger partial charge in [0.2, 0.25) is 0 Å². The van der Waals surface area contributed by atoms with E-state index in [0.717, 1.165) is 16.6 Å². The summed E-state index contributed by atoms with van der Waals surface area (Å²) in [7, 11) is -4.01. The fraction of sp³-hybridized carbons (Fsp3) is 0.273. The van der Waals surface area contributed by atoms with Crippen molar-refractivity contribution in [2.24, 2.45) is 5.73 Å². The highest BCUT2D eigenvalue weighted by molar-refractivity contribution is 7.85. The lowest BCUT2D eigenvalue weighted by Gasteiger charge is -2.07. The van der Waals surface area contributed by atoms with E-state index >= 15 is 0 Å². The van der Waals surface area contributed by atoms with Crippen LogP contribution >= 0.6 is 0 Å². The third-order valence-corrected chi connectivity index (χ3v) is 3.34. The SMILES string of the molecule is NC(Cc1cc2ccccc2[nH]1)CS(=O)(=O)O. The van der Waals surface area contributed by atoms with Crippen LogP contribution in [0.25, 0.3) is 10.9 Å². The molecular formula is C11H14N2O3S. The fourth-order valence-corrected chi connectivity index (χ4v) is 2.51. The zero-order valence-electron chi connectivity index (χ0n) is 9.13. The summed E-state index contributed by atoms with van der Waals surface area (Å²) >= 11 is 0. The Bertz CT molecular complexity index is 585. The lowest BCUT2D eigenvalue weighted by molar-refractivity contribution is 0.476. The van der Waals surface area contributed by atoms with Crippen LogP contribution in [-0.2, 0) is 16.5 Å². The molecular weight excluding hydrogens is 240 g/mol. The third-order valence-electron chi connectivity index (χ3n) is 2.49. The van der Waals surface area contributed by atoms with Gasteiger partial charge in [0.25, 0.3) is 10.1 Å². The first kappa shape index (κ1) is 12.1. The lowest BCUT2D eigenvalue weighted by Crippen LogP contribution is -2.31. The van der Waals surface area contributed by atoms with Gasteiger partial charge in [-0.3, -0.25) is 4.55 Å². The molecule has 4 N–H and O–H groups in total. The molecule has 1 aromatic heterocycles. The molecule has 0 aliphatic heterocycles. The second-order valence-corrected chi connectivity index (χ2v) is 5.59. The maximum Gasteiger partial charge on any atom is 0.266 e. The summed E-state index contributed by atoms with van der Waals surface area (Å²) < 4.78 is 30.0. The zero-order valence-corrected chi connectivity index (χ0v) is 9.94. The minimum atomic E-state index is -4.01. The van der Waals surface area contributed by atoms with Crippen LogP contribution in [0.4, 0.5) is 0 Å². The molecule has 1 atom stereocenters. The summed E-state index contributed by atoms with van der Waals surface area (Å²) in [4.78, 5) is 3.16. The summed E-state index contributed by atoms with van der Waals surface area (Å²) in [6, 6.07) is 9.06. The maximum atomic E-state index is 10.7. The van der Waals surface area contributed by atoms with Crippen molar-refractivity contribution in [1.82, 2.24) is 4.98 Å². The van der Waals surface area contributed by atoms with Crippen molar-refractivity contribution in [3.8, 4) is 0 Å². The predicted octanol–water partition coefficient (Wildman–Crippen LogP) is 0.925. The molecule has 0 saturated carbocycles. The van der Waals surface area contributed by atoms with Crippen molar-refractivity contribution < 1.29 is 13.0 Å². The normalized spacial score (nSPS) is 14.0. The van der Waals surface area contributed by atoms with Crippen molar-refractivity contribution in [3.63, 3.8) is 0 Å². The summed E-state index contributed by atoms with van der Waals surface area (Å²) in [6.07, 6.45) is 0.383. The molecule has 0 bridgehead atoms. The molecule has 1 unspecified atom stereocenters. The van der Waals surface area contributed by atoms with Crippen molar-refractivity contribution in [2.45, 2.75) is 12.5 Å². The molecule has 0 aliphatic rings. The van der Waals surface area contributed by atoms with E-state index in [2.05, 4.69) is 4.98 Å². The smallest absolute Gasteiger partial charge is 0.266 e. The fourth-order valence-electron chi connectivity index (χ4n) is 1.86. The second-order valence-electron chi connectivity index (χ2n) is 4.09. The maximum absolute atomic E-state index is 10.7. The first-order valence-corrected chi connectivity index (χ1v) is 6.82. The van der Waals surface area contributed by atoms with Gasteiger partial charge in [-0.25, -0.2) is 0 Å². The van der Waals surface area contributed by atoms with Gasteiger partial charge in [0.05, 0.1) is 5.75 Å². The van der Waals surface area contributed by atoms with Crippen molar-refractivity contribution in [2.75, 3.05) is 5.75 Å². The number of nitrogens with two attached hydrogens (primary N) is 1. The molecule has 0 fully saturated rings. The number of nitrogens with one attached hydrogen (secondary N) is 1. The van der Waals surface area contributed by atoms with Gasteiger partial charge in [-0.1, -0.05) is 18.2 Å². The van der Waals surface area contributed by atoms with E-state index in [0.29, 0.717) is 6.42 Å². The van der Waals surface area contributed by atoms with E-state index in [-0.39, 0.29) is 0 Å². The van der Waals surface area contributed by atoms with Crippen molar-refractivity contribution in [1.29, 1.82) is 0 Å². The number of aromatic amines is 1. The Hall–Kier alpha value is -1.37. The minimum absolute atomic E-state index is 0.383. The first-order valence-electron chi connectivity index (χ1n) is 5.21. The Morgan fingerprint density at radius 3 is 2.71 bits per heavy atom. The van der Waals surface area contributed by atoms with E-state index in [1.165, 1.54) is 0 Å². The topological polar surface area (TPSA) is 96.2 Å². The monoisotopic (exact) mass is 254 g/mol. The Labute approximate surface area is 99.4 Å². The number of H-pyrrole nitrogens is 1. The van der Waals surface area contributed by atoms with Crippen LogP contribution in [0.5, 0.6) is 0 Å². The quantitative estimate of drug-likeness (QED) is 0.707. The van der Waals surface area contributed by atoms with E-state index < -0.39 is 21.9 Å². The standard InChI is InChI=1S/C11H14N2O3S/c12-9(7-17(14,15)16)6-10-5-8-3-1-2-4-11(8)13-10/h1-5,9,13H,6-7,12H2,(H,14,15,16). The minimum Gasteiger partial charge on any atom is -0.358 e. The van der Waals surface area contributed by atoms with Crippen molar-refractivity contribution >= 4 is 21.0 Å². The Balaban J connectivity index is 2.13. The molecule has 0 saturated heterocycles. The number of rotatable bonds is 4. The zero-order chi connectivity index (χ0) is 12.5. The van der Waals surface area contributed by atoms with Crippen LogP contribution in [0.1, 0.15) is 5.69 Å². The predicted molar refractivity (Wildman–Crippen MR) is 66.4 cm³/mol. The van der Waals surface area contributed by atoms with Gasteiger partial charge in [0.1, 0.15) is 0 Å². The van der Waals surface area contributed by atoms with E-state index in [4.69, 9.17) is 10.3 Å². The molecule has 1 heterocycles. The number of fused-ring (bicyclic) bond motifs is 1. The van der Waals surface area contributed by atoms with Gasteiger partial charge in [0, 0.05) is 23.7 Å². The molecule has 6 heteroatoms. The highest BCUT2D eigenvalue weighted by Crippen LogP contribution is 2.15. The number of hydrogen-bond donors (Lipinski definition) is 3. The Kier molecular flexibility index (Phi) is 3.19. The molecule has 5 nitrogen and oxygen atoms in total. The first-order chi connectivity index (χ1) is 7.94. The van der Waals surface area contributed by atoms with E-state index in [1.54, 1.807) is 0 Å². The largest absolute Gasteiger partial charge is 0.358 e. The molecule has 0 aliphatic carbocycles. The molecule has 0 spiro atoms. The van der Waals surface area contributed by atoms with Crippen molar-refractivity contribution in [3.05, 3.63) is 36.0 Å². The van der Waals surface area contributed by atoms with Gasteiger partial charge in [-0.15, -0.1) is 0 Å². The van der Waals surface area contributed by atoms with Gasteiger partial charge in [0.15, 0.2) is 0 Å². The van der Waals surface area contributed by atoms with Gasteiger partial charge in [-0.05, 0) is 17.5 Å². The molecule has 0 radical (unpaired) electrons. The lowest BCUT2D eigenvalue weighted by atomic mass is 10.2. The van der Waals surface area contributed by atoms with Crippen LogP contribution in [0.15, 0.2) is 30.3 Å². The Morgan fingerprint density at radius 2 is 2.06 bits per heavy atom. The average Bonchev–Trinajstić information content (AvgIpc) is 2.55. The van der Waals surface area contributed by atoms with E-state index in [1.807, 2.05) is 30.3 Å². The Morgan fingerprint density at radius 1 is 1.35 bits per heavy atom. The summed E-state index contributed by atoms with van der Waals surface area (Å²) in [5.41, 5.74) is 7.51. The van der Waals surface area contributed by atoms with Crippen LogP contribution in [0, 0.1) is 0 Å². The molecule has 2 rings (SSSR count). The van der Waals surface area contributed by atoms with Gasteiger partial charge >= 0.3 is 0 Å². The second kappa shape index (κ2) is 4.48. The highest BCUT2D eigenvalue weighted by Gasteiger charge is 2.14. The highest BCUT2D eigenvalue weighted by atomic mass is 32.2. The molecule has 2 aromatic rings. The number of hydrogen-bond acceptors (Lipinski definition) is 3. The third kappa shape index (κ3) is 3.29. The summed E-state index contributed by atoms with van der Waals surface area (Å²) in [5, 5.41) is 1.06. The molecule has 17 heavy (non-hydrogen) atoms. The van der Waals surface area contributed by atoms with Gasteiger partial charge < -0.3 is 10.7 Å². The summed E-state index contributed by atoms with van der Waals surface area (Å²) in [5.74, 6) is -0.428. The molecule has 0 amide bonds. The number of para-hydroxylation sites is 1. The van der Waals surface area contributed by atoms with Crippen LogP contribution in [0.2, 0.25) is 0 Å². The number of aromatic nitrogens is 1. The molecule has 1 aromatic carbocycles. The number of benzene rings is 1. The van der Waals surface area contributed by atoms with Crippen LogP contribution in [0.3, 0.4) is 0 Å². The average molecular weight is 254 g/mol. The van der Waals surface area contributed by atoms with E-state index in [9.17, 15) is 8.42 Å². The van der Waals surface area contributed by atoms with Gasteiger partial charge in [-0.2, -0.15) is 8.42 Å². The van der Waals surface area contributed by atoms with Crippen LogP contribution < -0.4 is 5.73 Å². The van der Waals surface area contributed by atoms with Crippen LogP contribution in [-0.4, -0.2) is 29.7 Å².